The highest BCUT2D eigenvalue weighted by Gasteiger charge is 2.27. The van der Waals surface area contributed by atoms with Crippen molar-refractivity contribution in [3.63, 3.8) is 0 Å². The minimum atomic E-state index is -0.483. The van der Waals surface area contributed by atoms with Gasteiger partial charge in [-0.25, -0.2) is 4.79 Å². The average Bonchev–Trinajstić information content (AvgIpc) is 2.33. The van der Waals surface area contributed by atoms with Crippen molar-refractivity contribution in [2.75, 3.05) is 6.61 Å². The quantitative estimate of drug-likeness (QED) is 0.847. The van der Waals surface area contributed by atoms with Crippen LogP contribution >= 0.6 is 0 Å². The third kappa shape index (κ3) is 6.74. The molecule has 1 amide bonds. The zero-order valence-corrected chi connectivity index (χ0v) is 14.4. The van der Waals surface area contributed by atoms with E-state index in [9.17, 15) is 9.59 Å². The van der Waals surface area contributed by atoms with Crippen molar-refractivity contribution in [1.29, 1.82) is 0 Å². The van der Waals surface area contributed by atoms with Crippen LogP contribution in [0.15, 0.2) is 24.3 Å². The largest absolute Gasteiger partial charge is 0.452 e. The molecule has 0 atom stereocenters. The van der Waals surface area contributed by atoms with E-state index in [4.69, 9.17) is 4.74 Å². The summed E-state index contributed by atoms with van der Waals surface area (Å²) in [5.41, 5.74) is 1.28. The summed E-state index contributed by atoms with van der Waals surface area (Å²) in [5, 5.41) is 2.91. The normalized spacial score (nSPS) is 11.9. The molecule has 1 aromatic rings. The van der Waals surface area contributed by atoms with Crippen LogP contribution in [0.4, 0.5) is 0 Å². The topological polar surface area (TPSA) is 55.4 Å². The smallest absolute Gasteiger partial charge is 0.338 e. The molecule has 4 heteroatoms. The molecule has 1 N–H and O–H groups in total. The minimum Gasteiger partial charge on any atom is -0.452 e. The number of rotatable bonds is 5. The summed E-state index contributed by atoms with van der Waals surface area (Å²) in [6.45, 7) is 12.0. The number of amides is 1. The standard InChI is InChI=1S/C18H27NO3/c1-13-7-9-14(10-8-13)16(21)22-11-15(20)19-18(5,6)12-17(2,3)4/h7-10H,11-12H2,1-6H3,(H,19,20). The van der Waals surface area contributed by atoms with Gasteiger partial charge in [0.05, 0.1) is 5.56 Å². The van der Waals surface area contributed by atoms with Crippen LogP contribution in [0.2, 0.25) is 0 Å². The summed E-state index contributed by atoms with van der Waals surface area (Å²) in [6, 6.07) is 7.06. The molecule has 0 saturated carbocycles. The molecule has 1 aromatic carbocycles. The molecule has 1 rings (SSSR count). The first-order valence-electron chi connectivity index (χ1n) is 7.53. The van der Waals surface area contributed by atoms with Gasteiger partial charge < -0.3 is 10.1 Å². The number of benzene rings is 1. The van der Waals surface area contributed by atoms with Crippen LogP contribution in [0.5, 0.6) is 0 Å². The van der Waals surface area contributed by atoms with E-state index in [1.165, 1.54) is 0 Å². The van der Waals surface area contributed by atoms with Gasteiger partial charge in [-0.3, -0.25) is 4.79 Å². The third-order valence-corrected chi connectivity index (χ3v) is 3.07. The molecule has 0 saturated heterocycles. The Kier molecular flexibility index (Phi) is 5.75. The van der Waals surface area contributed by atoms with Gasteiger partial charge in [-0.1, -0.05) is 38.5 Å². The number of carbonyl (C=O) groups is 2. The fraction of sp³-hybridized carbons (Fsp3) is 0.556. The summed E-state index contributed by atoms with van der Waals surface area (Å²) in [6.07, 6.45) is 0.831. The predicted octanol–water partition coefficient (Wildman–Crippen LogP) is 3.48. The predicted molar refractivity (Wildman–Crippen MR) is 87.8 cm³/mol. The van der Waals surface area contributed by atoms with Crippen molar-refractivity contribution >= 4 is 11.9 Å². The Hall–Kier alpha value is -1.84. The van der Waals surface area contributed by atoms with Gasteiger partial charge in [-0.15, -0.1) is 0 Å². The Morgan fingerprint density at radius 3 is 2.09 bits per heavy atom. The lowest BCUT2D eigenvalue weighted by Crippen LogP contribution is -2.47. The lowest BCUT2D eigenvalue weighted by molar-refractivity contribution is -0.126. The molecule has 0 aliphatic carbocycles. The van der Waals surface area contributed by atoms with E-state index in [1.807, 2.05) is 32.9 Å². The number of esters is 1. The first-order valence-corrected chi connectivity index (χ1v) is 7.53. The Labute approximate surface area is 133 Å². The second-order valence-corrected chi connectivity index (χ2v) is 7.61. The second kappa shape index (κ2) is 6.95. The van der Waals surface area contributed by atoms with Crippen molar-refractivity contribution in [2.24, 2.45) is 5.41 Å². The van der Waals surface area contributed by atoms with E-state index in [1.54, 1.807) is 12.1 Å². The highest BCUT2D eigenvalue weighted by Crippen LogP contribution is 2.26. The number of carbonyl (C=O) groups excluding carboxylic acids is 2. The van der Waals surface area contributed by atoms with E-state index >= 15 is 0 Å². The van der Waals surface area contributed by atoms with Gasteiger partial charge in [-0.2, -0.15) is 0 Å². The molecular formula is C18H27NO3. The fourth-order valence-corrected chi connectivity index (χ4v) is 2.69. The van der Waals surface area contributed by atoms with Crippen molar-refractivity contribution in [3.05, 3.63) is 35.4 Å². The Morgan fingerprint density at radius 1 is 1.05 bits per heavy atom. The molecule has 0 fully saturated rings. The van der Waals surface area contributed by atoms with Gasteiger partial charge in [0.15, 0.2) is 6.61 Å². The van der Waals surface area contributed by atoms with Crippen LogP contribution in [0.25, 0.3) is 0 Å². The van der Waals surface area contributed by atoms with Crippen LogP contribution < -0.4 is 5.32 Å². The second-order valence-electron chi connectivity index (χ2n) is 7.61. The molecule has 22 heavy (non-hydrogen) atoms. The van der Waals surface area contributed by atoms with Crippen LogP contribution in [0.1, 0.15) is 57.0 Å². The fourth-order valence-electron chi connectivity index (χ4n) is 2.69. The lowest BCUT2D eigenvalue weighted by Gasteiger charge is -2.33. The summed E-state index contributed by atoms with van der Waals surface area (Å²) in [7, 11) is 0. The van der Waals surface area contributed by atoms with Crippen LogP contribution in [0, 0.1) is 12.3 Å². The zero-order valence-electron chi connectivity index (χ0n) is 14.4. The maximum absolute atomic E-state index is 11.9. The molecule has 4 nitrogen and oxygen atoms in total. The Bertz CT molecular complexity index is 524. The number of ether oxygens (including phenoxy) is 1. The highest BCUT2D eigenvalue weighted by molar-refractivity contribution is 5.91. The van der Waals surface area contributed by atoms with Crippen molar-refractivity contribution in [2.45, 2.75) is 53.5 Å². The molecule has 0 unspecified atom stereocenters. The van der Waals surface area contributed by atoms with E-state index in [0.29, 0.717) is 5.56 Å². The maximum atomic E-state index is 11.9. The first-order chi connectivity index (χ1) is 9.98. The van der Waals surface area contributed by atoms with E-state index < -0.39 is 5.97 Å². The molecule has 0 aliphatic rings. The van der Waals surface area contributed by atoms with Gasteiger partial charge in [0.2, 0.25) is 0 Å². The summed E-state index contributed by atoms with van der Waals surface area (Å²) >= 11 is 0. The van der Waals surface area contributed by atoms with Crippen molar-refractivity contribution < 1.29 is 14.3 Å². The summed E-state index contributed by atoms with van der Waals surface area (Å²) in [4.78, 5) is 23.8. The third-order valence-electron chi connectivity index (χ3n) is 3.07. The molecule has 0 bridgehead atoms. The van der Waals surface area contributed by atoms with Crippen LogP contribution in [-0.2, 0) is 9.53 Å². The van der Waals surface area contributed by atoms with E-state index in [-0.39, 0.29) is 23.5 Å². The monoisotopic (exact) mass is 305 g/mol. The molecule has 0 spiro atoms. The zero-order chi connectivity index (χ0) is 17.0. The number of aryl methyl sites for hydroxylation is 1. The Balaban J connectivity index is 2.49. The van der Waals surface area contributed by atoms with Gasteiger partial charge in [0, 0.05) is 5.54 Å². The molecule has 0 aliphatic heterocycles. The lowest BCUT2D eigenvalue weighted by atomic mass is 9.82. The number of nitrogens with one attached hydrogen (secondary N) is 1. The molecule has 0 radical (unpaired) electrons. The summed E-state index contributed by atoms with van der Waals surface area (Å²) < 4.78 is 5.05. The first kappa shape index (κ1) is 18.2. The van der Waals surface area contributed by atoms with Crippen molar-refractivity contribution in [1.82, 2.24) is 5.32 Å². The SMILES string of the molecule is Cc1ccc(C(=O)OCC(=O)NC(C)(C)CC(C)(C)C)cc1. The molecule has 0 aromatic heterocycles. The van der Waals surface area contributed by atoms with Gasteiger partial charge in [0.1, 0.15) is 0 Å². The number of hydrogen-bond donors (Lipinski definition) is 1. The molecule has 122 valence electrons. The van der Waals surface area contributed by atoms with Crippen LogP contribution in [0.3, 0.4) is 0 Å². The van der Waals surface area contributed by atoms with Gasteiger partial charge in [0.25, 0.3) is 5.91 Å². The number of hydrogen-bond acceptors (Lipinski definition) is 3. The van der Waals surface area contributed by atoms with E-state index in [2.05, 4.69) is 26.1 Å². The van der Waals surface area contributed by atoms with Crippen molar-refractivity contribution in [3.8, 4) is 0 Å². The van der Waals surface area contributed by atoms with Gasteiger partial charge >= 0.3 is 5.97 Å². The van der Waals surface area contributed by atoms with E-state index in [0.717, 1.165) is 12.0 Å². The molecule has 0 heterocycles. The molecular weight excluding hydrogens is 278 g/mol. The average molecular weight is 305 g/mol. The summed E-state index contributed by atoms with van der Waals surface area (Å²) in [5.74, 6) is -0.765. The highest BCUT2D eigenvalue weighted by atomic mass is 16.5. The Morgan fingerprint density at radius 2 is 1.59 bits per heavy atom. The maximum Gasteiger partial charge on any atom is 0.338 e. The van der Waals surface area contributed by atoms with Crippen LogP contribution in [-0.4, -0.2) is 24.0 Å². The van der Waals surface area contributed by atoms with Gasteiger partial charge in [-0.05, 0) is 44.7 Å². The minimum absolute atomic E-state index is 0.107.